The van der Waals surface area contributed by atoms with Crippen LogP contribution in [0.3, 0.4) is 0 Å². The van der Waals surface area contributed by atoms with Gasteiger partial charge < -0.3 is 0 Å². The van der Waals surface area contributed by atoms with Gasteiger partial charge in [0.1, 0.15) is 0 Å². The highest BCUT2D eigenvalue weighted by atomic mass is 35.5. The number of thiophene rings is 1. The maximum atomic E-state index is 12.3. The van der Waals surface area contributed by atoms with E-state index in [9.17, 15) is 8.42 Å². The van der Waals surface area contributed by atoms with E-state index in [4.69, 9.17) is 11.6 Å². The Morgan fingerprint density at radius 2 is 1.71 bits per heavy atom. The van der Waals surface area contributed by atoms with Gasteiger partial charge in [0.15, 0.2) is 0 Å². The van der Waals surface area contributed by atoms with Crippen molar-refractivity contribution in [2.45, 2.75) is 23.6 Å². The van der Waals surface area contributed by atoms with Crippen LogP contribution in [-0.4, -0.2) is 8.42 Å². The first-order valence-electron chi connectivity index (χ1n) is 4.98. The van der Waals surface area contributed by atoms with Crippen LogP contribution in [0, 0.1) is 13.8 Å². The normalized spacial score (nSPS) is 11.7. The molecule has 5 heteroatoms. The van der Waals surface area contributed by atoms with Crippen LogP contribution in [0.5, 0.6) is 0 Å². The van der Waals surface area contributed by atoms with Crippen molar-refractivity contribution < 1.29 is 8.42 Å². The minimum atomic E-state index is -3.41. The van der Waals surface area contributed by atoms with Gasteiger partial charge in [0.25, 0.3) is 0 Å². The van der Waals surface area contributed by atoms with E-state index < -0.39 is 9.84 Å². The summed E-state index contributed by atoms with van der Waals surface area (Å²) in [5.74, 6) is 0. The van der Waals surface area contributed by atoms with E-state index >= 15 is 0 Å². The summed E-state index contributed by atoms with van der Waals surface area (Å²) < 4.78 is 24.7. The van der Waals surface area contributed by atoms with Crippen molar-refractivity contribution in [2.75, 3.05) is 0 Å². The van der Waals surface area contributed by atoms with Crippen molar-refractivity contribution in [3.8, 4) is 0 Å². The number of sulfone groups is 1. The maximum absolute atomic E-state index is 12.3. The number of benzene rings is 1. The summed E-state index contributed by atoms with van der Waals surface area (Å²) in [5.41, 5.74) is 0.824. The van der Waals surface area contributed by atoms with E-state index in [0.29, 0.717) is 9.92 Å². The number of aryl methyl sites for hydroxylation is 1. The van der Waals surface area contributed by atoms with Gasteiger partial charge in [0.2, 0.25) is 9.84 Å². The zero-order valence-electron chi connectivity index (χ0n) is 9.40. The molecule has 0 aliphatic rings. The fraction of sp³-hybridized carbons (Fsp3) is 0.167. The molecule has 0 amide bonds. The van der Waals surface area contributed by atoms with Crippen molar-refractivity contribution in [1.82, 2.24) is 0 Å². The van der Waals surface area contributed by atoms with Crippen LogP contribution in [-0.2, 0) is 9.84 Å². The van der Waals surface area contributed by atoms with E-state index in [0.717, 1.165) is 10.4 Å². The van der Waals surface area contributed by atoms with Gasteiger partial charge in [-0.2, -0.15) is 0 Å². The second-order valence-corrected chi connectivity index (χ2v) is 7.18. The molecule has 0 aliphatic carbocycles. The molecule has 17 heavy (non-hydrogen) atoms. The third-order valence-corrected chi connectivity index (χ3v) is 5.96. The van der Waals surface area contributed by atoms with Gasteiger partial charge in [-0.1, -0.05) is 11.6 Å². The Balaban J connectivity index is 2.58. The summed E-state index contributed by atoms with van der Waals surface area (Å²) >= 11 is 7.20. The van der Waals surface area contributed by atoms with Crippen LogP contribution >= 0.6 is 22.9 Å². The van der Waals surface area contributed by atoms with Gasteiger partial charge >= 0.3 is 0 Å². The summed E-state index contributed by atoms with van der Waals surface area (Å²) in [6, 6.07) is 6.24. The Morgan fingerprint density at radius 3 is 2.18 bits per heavy atom. The van der Waals surface area contributed by atoms with E-state index in [-0.39, 0.29) is 4.90 Å². The number of hydrogen-bond acceptors (Lipinski definition) is 3. The highest BCUT2D eigenvalue weighted by Gasteiger charge is 2.21. The second-order valence-electron chi connectivity index (χ2n) is 3.74. The lowest BCUT2D eigenvalue weighted by Crippen LogP contribution is -2.02. The minimum absolute atomic E-state index is 0.280. The molecule has 0 radical (unpaired) electrons. The largest absolute Gasteiger partial charge is 0.218 e. The van der Waals surface area contributed by atoms with Gasteiger partial charge in [-0.3, -0.25) is 0 Å². The van der Waals surface area contributed by atoms with Crippen LogP contribution < -0.4 is 0 Å². The molecule has 0 unspecified atom stereocenters. The van der Waals surface area contributed by atoms with Crippen molar-refractivity contribution in [1.29, 1.82) is 0 Å². The van der Waals surface area contributed by atoms with Crippen molar-refractivity contribution in [3.05, 3.63) is 45.1 Å². The number of halogens is 1. The molecular weight excluding hydrogens is 276 g/mol. The van der Waals surface area contributed by atoms with E-state index in [1.165, 1.54) is 23.5 Å². The molecule has 0 atom stereocenters. The Bertz CT molecular complexity index is 640. The van der Waals surface area contributed by atoms with Crippen LogP contribution in [0.4, 0.5) is 0 Å². The van der Waals surface area contributed by atoms with Crippen molar-refractivity contribution in [2.24, 2.45) is 0 Å². The molecule has 1 aromatic heterocycles. The molecular formula is C12H11ClO2S2. The molecule has 2 nitrogen and oxygen atoms in total. The van der Waals surface area contributed by atoms with Crippen LogP contribution in [0.2, 0.25) is 5.02 Å². The molecule has 0 fully saturated rings. The summed E-state index contributed by atoms with van der Waals surface area (Å²) in [4.78, 5) is 1.70. The molecule has 90 valence electrons. The molecule has 1 heterocycles. The molecule has 2 rings (SSSR count). The van der Waals surface area contributed by atoms with Gasteiger partial charge in [-0.25, -0.2) is 8.42 Å². The van der Waals surface area contributed by atoms with E-state index in [1.54, 1.807) is 17.5 Å². The standard InChI is InChI=1S/C12H11ClO2S2/c1-8-9(2)16-7-12(8)17(14,15)11-5-3-10(13)4-6-11/h3-7H,1-2H3. The Hall–Kier alpha value is -0.840. The highest BCUT2D eigenvalue weighted by Crippen LogP contribution is 2.30. The zero-order chi connectivity index (χ0) is 12.6. The SMILES string of the molecule is Cc1scc(S(=O)(=O)c2ccc(Cl)cc2)c1C. The zero-order valence-corrected chi connectivity index (χ0v) is 11.8. The first kappa shape index (κ1) is 12.6. The molecule has 0 saturated carbocycles. The third-order valence-electron chi connectivity index (χ3n) is 2.65. The van der Waals surface area contributed by atoms with Crippen LogP contribution in [0.1, 0.15) is 10.4 Å². The molecule has 0 saturated heterocycles. The van der Waals surface area contributed by atoms with E-state index in [2.05, 4.69) is 0 Å². The lowest BCUT2D eigenvalue weighted by Gasteiger charge is -2.04. The number of rotatable bonds is 2. The fourth-order valence-electron chi connectivity index (χ4n) is 1.50. The number of hydrogen-bond donors (Lipinski definition) is 0. The van der Waals surface area contributed by atoms with Gasteiger partial charge in [-0.05, 0) is 43.7 Å². The van der Waals surface area contributed by atoms with Crippen molar-refractivity contribution >= 4 is 32.8 Å². The third kappa shape index (κ3) is 2.25. The predicted molar refractivity (Wildman–Crippen MR) is 70.7 cm³/mol. The summed E-state index contributed by atoms with van der Waals surface area (Å²) in [7, 11) is -3.41. The van der Waals surface area contributed by atoms with Crippen LogP contribution in [0.25, 0.3) is 0 Å². The smallest absolute Gasteiger partial charge is 0.207 e. The Labute approximate surface area is 110 Å². The molecule has 0 spiro atoms. The van der Waals surface area contributed by atoms with Gasteiger partial charge in [0, 0.05) is 15.3 Å². The van der Waals surface area contributed by atoms with Crippen LogP contribution in [0.15, 0.2) is 39.4 Å². The Kier molecular flexibility index (Phi) is 3.30. The molecule has 0 bridgehead atoms. The molecule has 2 aromatic rings. The second kappa shape index (κ2) is 4.44. The van der Waals surface area contributed by atoms with Gasteiger partial charge in [-0.15, -0.1) is 11.3 Å². The summed E-state index contributed by atoms with van der Waals surface area (Å²) in [5, 5.41) is 2.22. The quantitative estimate of drug-likeness (QED) is 0.840. The van der Waals surface area contributed by atoms with Gasteiger partial charge in [0.05, 0.1) is 9.79 Å². The average Bonchev–Trinajstić information content (AvgIpc) is 2.61. The Morgan fingerprint density at radius 1 is 1.12 bits per heavy atom. The predicted octanol–water partition coefficient (Wildman–Crippen LogP) is 3.85. The minimum Gasteiger partial charge on any atom is -0.218 e. The van der Waals surface area contributed by atoms with E-state index in [1.807, 2.05) is 13.8 Å². The molecule has 0 aliphatic heterocycles. The molecule has 0 N–H and O–H groups in total. The average molecular weight is 287 g/mol. The lowest BCUT2D eigenvalue weighted by atomic mass is 10.3. The summed E-state index contributed by atoms with van der Waals surface area (Å²) in [6.45, 7) is 3.75. The topological polar surface area (TPSA) is 34.1 Å². The first-order valence-corrected chi connectivity index (χ1v) is 7.72. The summed E-state index contributed by atoms with van der Waals surface area (Å²) in [6.07, 6.45) is 0. The first-order chi connectivity index (χ1) is 7.93. The lowest BCUT2D eigenvalue weighted by molar-refractivity contribution is 0.596. The maximum Gasteiger partial charge on any atom is 0.207 e. The fourth-order valence-corrected chi connectivity index (χ4v) is 4.39. The monoisotopic (exact) mass is 286 g/mol. The molecule has 1 aromatic carbocycles. The van der Waals surface area contributed by atoms with Crippen molar-refractivity contribution in [3.63, 3.8) is 0 Å². The highest BCUT2D eigenvalue weighted by molar-refractivity contribution is 7.91.